The molecular formula is C12H14Cl3NO2. The summed E-state index contributed by atoms with van der Waals surface area (Å²) in [6, 6.07) is 3.12. The van der Waals surface area contributed by atoms with Crippen LogP contribution in [-0.2, 0) is 17.8 Å². The molecule has 0 bridgehead atoms. The van der Waals surface area contributed by atoms with Crippen molar-refractivity contribution in [3.63, 3.8) is 0 Å². The highest BCUT2D eigenvalue weighted by atomic mass is 35.5. The molecule has 1 aliphatic heterocycles. The van der Waals surface area contributed by atoms with Gasteiger partial charge in [-0.1, -0.05) is 23.2 Å². The minimum Gasteiger partial charge on any atom is -0.480 e. The summed E-state index contributed by atoms with van der Waals surface area (Å²) >= 11 is 12.1. The van der Waals surface area contributed by atoms with Crippen LogP contribution in [0.5, 0.6) is 0 Å². The number of carboxylic acid groups (broad SMARTS) is 1. The average molecular weight is 311 g/mol. The first-order valence-electron chi connectivity index (χ1n) is 5.42. The van der Waals surface area contributed by atoms with E-state index in [-0.39, 0.29) is 12.4 Å². The zero-order chi connectivity index (χ0) is 12.6. The molecule has 100 valence electrons. The summed E-state index contributed by atoms with van der Waals surface area (Å²) in [6.45, 7) is 2.98. The van der Waals surface area contributed by atoms with Gasteiger partial charge < -0.3 is 5.11 Å². The van der Waals surface area contributed by atoms with E-state index in [1.54, 1.807) is 13.0 Å². The quantitative estimate of drug-likeness (QED) is 0.911. The predicted octanol–water partition coefficient (Wildman–Crippen LogP) is 3.25. The highest BCUT2D eigenvalue weighted by Crippen LogP contribution is 2.30. The summed E-state index contributed by atoms with van der Waals surface area (Å²) in [4.78, 5) is 12.9. The van der Waals surface area contributed by atoms with Crippen LogP contribution in [-0.4, -0.2) is 28.6 Å². The molecule has 6 heteroatoms. The highest BCUT2D eigenvalue weighted by Gasteiger charge is 2.26. The number of nitrogens with zero attached hydrogens (tertiary/aromatic N) is 1. The topological polar surface area (TPSA) is 40.5 Å². The number of hydrogen-bond acceptors (Lipinski definition) is 2. The maximum Gasteiger partial charge on any atom is 0.320 e. The van der Waals surface area contributed by atoms with Gasteiger partial charge in [0.05, 0.1) is 0 Å². The second-order valence-electron chi connectivity index (χ2n) is 4.26. The number of rotatable bonds is 2. The van der Waals surface area contributed by atoms with Crippen molar-refractivity contribution >= 4 is 41.6 Å². The molecule has 1 heterocycles. The molecule has 1 aliphatic rings. The summed E-state index contributed by atoms with van der Waals surface area (Å²) < 4.78 is 0. The Morgan fingerprint density at radius 3 is 2.72 bits per heavy atom. The zero-order valence-corrected chi connectivity index (χ0v) is 12.1. The number of benzene rings is 1. The van der Waals surface area contributed by atoms with E-state index >= 15 is 0 Å². The van der Waals surface area contributed by atoms with Gasteiger partial charge in [-0.25, -0.2) is 0 Å². The molecule has 0 aromatic heterocycles. The van der Waals surface area contributed by atoms with E-state index in [9.17, 15) is 4.79 Å². The maximum atomic E-state index is 11.0. The fourth-order valence-electron chi connectivity index (χ4n) is 2.09. The van der Waals surface area contributed by atoms with Crippen molar-refractivity contribution < 1.29 is 9.90 Å². The Hall–Kier alpha value is -0.480. The van der Waals surface area contributed by atoms with E-state index in [0.717, 1.165) is 24.1 Å². The fraction of sp³-hybridized carbons (Fsp3) is 0.417. The van der Waals surface area contributed by atoms with E-state index in [4.69, 9.17) is 28.3 Å². The Labute approximate surface area is 122 Å². The minimum atomic E-state index is -0.807. The van der Waals surface area contributed by atoms with Crippen molar-refractivity contribution in [2.75, 3.05) is 6.54 Å². The number of aliphatic carboxylic acids is 1. The normalized spacial score (nSPS) is 16.6. The molecule has 1 N–H and O–H groups in total. The SMILES string of the molecule is CC(C(=O)O)N1CCc2cc(Cl)cc(Cl)c2C1.Cl. The number of halogens is 3. The summed E-state index contributed by atoms with van der Waals surface area (Å²) in [5, 5.41) is 10.3. The largest absolute Gasteiger partial charge is 0.480 e. The third kappa shape index (κ3) is 3.09. The van der Waals surface area contributed by atoms with Crippen molar-refractivity contribution in [1.82, 2.24) is 4.90 Å². The molecule has 1 aromatic carbocycles. The molecular weight excluding hydrogens is 296 g/mol. The first kappa shape index (κ1) is 15.6. The van der Waals surface area contributed by atoms with Crippen molar-refractivity contribution in [3.8, 4) is 0 Å². The van der Waals surface area contributed by atoms with Crippen LogP contribution in [0.3, 0.4) is 0 Å². The van der Waals surface area contributed by atoms with Crippen LogP contribution in [0.2, 0.25) is 10.0 Å². The van der Waals surface area contributed by atoms with E-state index in [2.05, 4.69) is 0 Å². The van der Waals surface area contributed by atoms with Crippen LogP contribution in [0.4, 0.5) is 0 Å². The molecule has 1 atom stereocenters. The Bertz CT molecular complexity index is 465. The molecule has 3 nitrogen and oxygen atoms in total. The lowest BCUT2D eigenvalue weighted by atomic mass is 9.98. The Morgan fingerprint density at radius 1 is 1.44 bits per heavy atom. The van der Waals surface area contributed by atoms with Crippen LogP contribution >= 0.6 is 35.6 Å². The molecule has 1 aromatic rings. The molecule has 2 rings (SSSR count). The first-order chi connectivity index (χ1) is 7.99. The predicted molar refractivity (Wildman–Crippen MR) is 74.9 cm³/mol. The van der Waals surface area contributed by atoms with Crippen LogP contribution in [0, 0.1) is 0 Å². The molecule has 0 radical (unpaired) electrons. The van der Waals surface area contributed by atoms with Gasteiger partial charge in [-0.3, -0.25) is 9.69 Å². The minimum absolute atomic E-state index is 0. The maximum absolute atomic E-state index is 11.0. The number of hydrogen-bond donors (Lipinski definition) is 1. The van der Waals surface area contributed by atoms with Gasteiger partial charge in [0.2, 0.25) is 0 Å². The van der Waals surface area contributed by atoms with Gasteiger partial charge in [-0.2, -0.15) is 0 Å². The standard InChI is InChI=1S/C12H13Cl2NO2.ClH/c1-7(12(16)17)15-3-2-8-4-9(13)5-11(14)10(8)6-15;/h4-5,7H,2-3,6H2,1H3,(H,16,17);1H. The van der Waals surface area contributed by atoms with Crippen molar-refractivity contribution in [1.29, 1.82) is 0 Å². The van der Waals surface area contributed by atoms with Crippen LogP contribution in [0.15, 0.2) is 12.1 Å². The monoisotopic (exact) mass is 309 g/mol. The lowest BCUT2D eigenvalue weighted by Gasteiger charge is -2.32. The van der Waals surface area contributed by atoms with Crippen LogP contribution < -0.4 is 0 Å². The summed E-state index contributed by atoms with van der Waals surface area (Å²) in [5.74, 6) is -0.807. The zero-order valence-electron chi connectivity index (χ0n) is 9.82. The molecule has 18 heavy (non-hydrogen) atoms. The molecule has 0 amide bonds. The molecule has 0 saturated carbocycles. The first-order valence-corrected chi connectivity index (χ1v) is 6.18. The number of carboxylic acids is 1. The van der Waals surface area contributed by atoms with Gasteiger partial charge >= 0.3 is 5.97 Å². The van der Waals surface area contributed by atoms with Gasteiger partial charge in [0.1, 0.15) is 6.04 Å². The Morgan fingerprint density at radius 2 is 2.11 bits per heavy atom. The lowest BCUT2D eigenvalue weighted by Crippen LogP contribution is -2.42. The van der Waals surface area contributed by atoms with Gasteiger partial charge in [0.25, 0.3) is 0 Å². The second-order valence-corrected chi connectivity index (χ2v) is 5.10. The van der Waals surface area contributed by atoms with Crippen LogP contribution in [0.25, 0.3) is 0 Å². The van der Waals surface area contributed by atoms with Gasteiger partial charge in [-0.05, 0) is 36.6 Å². The third-order valence-corrected chi connectivity index (χ3v) is 3.74. The van der Waals surface area contributed by atoms with Crippen molar-refractivity contribution in [2.24, 2.45) is 0 Å². The number of carbonyl (C=O) groups is 1. The van der Waals surface area contributed by atoms with Gasteiger partial charge in [0, 0.05) is 23.1 Å². The molecule has 0 aliphatic carbocycles. The molecule has 1 unspecified atom stereocenters. The smallest absolute Gasteiger partial charge is 0.320 e. The third-order valence-electron chi connectivity index (χ3n) is 3.19. The average Bonchev–Trinajstić information content (AvgIpc) is 2.27. The van der Waals surface area contributed by atoms with E-state index in [1.165, 1.54) is 0 Å². The Kier molecular flexibility index (Phi) is 5.29. The summed E-state index contributed by atoms with van der Waals surface area (Å²) in [5.41, 5.74) is 2.12. The second kappa shape index (κ2) is 6.11. The molecule has 0 saturated heterocycles. The number of fused-ring (bicyclic) bond motifs is 1. The Balaban J connectivity index is 0.00000162. The fourth-order valence-corrected chi connectivity index (χ4v) is 2.69. The van der Waals surface area contributed by atoms with Crippen molar-refractivity contribution in [2.45, 2.75) is 25.9 Å². The van der Waals surface area contributed by atoms with E-state index < -0.39 is 12.0 Å². The van der Waals surface area contributed by atoms with Crippen molar-refractivity contribution in [3.05, 3.63) is 33.3 Å². The molecule has 0 spiro atoms. The van der Waals surface area contributed by atoms with E-state index in [0.29, 0.717) is 16.6 Å². The van der Waals surface area contributed by atoms with Crippen LogP contribution in [0.1, 0.15) is 18.1 Å². The van der Waals surface area contributed by atoms with Gasteiger partial charge in [0.15, 0.2) is 0 Å². The summed E-state index contributed by atoms with van der Waals surface area (Å²) in [6.07, 6.45) is 0.785. The summed E-state index contributed by atoms with van der Waals surface area (Å²) in [7, 11) is 0. The lowest BCUT2D eigenvalue weighted by molar-refractivity contribution is -0.143. The van der Waals surface area contributed by atoms with Gasteiger partial charge in [-0.15, -0.1) is 12.4 Å². The molecule has 0 fully saturated rings. The van der Waals surface area contributed by atoms with E-state index in [1.807, 2.05) is 11.0 Å². The highest BCUT2D eigenvalue weighted by molar-refractivity contribution is 6.35.